The van der Waals surface area contributed by atoms with Gasteiger partial charge >= 0.3 is 0 Å². The summed E-state index contributed by atoms with van der Waals surface area (Å²) in [5, 5.41) is 7.91. The molecule has 3 aromatic rings. The summed E-state index contributed by atoms with van der Waals surface area (Å²) >= 11 is 4.54. The number of hydrogen-bond acceptors (Lipinski definition) is 4. The molecule has 1 heterocycles. The van der Waals surface area contributed by atoms with Gasteiger partial charge in [0.2, 0.25) is 0 Å². The maximum absolute atomic E-state index is 13.2. The SMILES string of the molecule is O=C1[C@@H]2[C@@H]3C=C[C@H]([C@H]4C[C@H]34)[C@@H]2C(=O)N1/N=C\c1cc(I)c(OCc2cccc3ccccc23)c(I)c1. The smallest absolute Gasteiger partial charge is 0.254 e. The highest BCUT2D eigenvalue weighted by atomic mass is 127. The lowest BCUT2D eigenvalue weighted by molar-refractivity contribution is -0.140. The Labute approximate surface area is 236 Å². The lowest BCUT2D eigenvalue weighted by atomic mass is 9.63. The second-order valence-electron chi connectivity index (χ2n) is 10.1. The van der Waals surface area contributed by atoms with Crippen LogP contribution in [0.25, 0.3) is 10.8 Å². The van der Waals surface area contributed by atoms with Crippen molar-refractivity contribution >= 4 is 74.0 Å². The van der Waals surface area contributed by atoms with E-state index in [9.17, 15) is 9.59 Å². The number of imide groups is 1. The molecule has 36 heavy (non-hydrogen) atoms. The number of benzene rings is 3. The molecule has 4 aliphatic carbocycles. The summed E-state index contributed by atoms with van der Waals surface area (Å²) in [7, 11) is 0. The molecule has 2 amide bonds. The van der Waals surface area contributed by atoms with Crippen LogP contribution in [0.2, 0.25) is 0 Å². The number of rotatable bonds is 5. The van der Waals surface area contributed by atoms with Crippen molar-refractivity contribution in [2.45, 2.75) is 13.0 Å². The third-order valence-electron chi connectivity index (χ3n) is 8.23. The van der Waals surface area contributed by atoms with Crippen molar-refractivity contribution in [2.24, 2.45) is 40.6 Å². The molecular weight excluding hydrogens is 678 g/mol. The molecule has 0 spiro atoms. The molecule has 0 radical (unpaired) electrons. The Morgan fingerprint density at radius 3 is 2.25 bits per heavy atom. The summed E-state index contributed by atoms with van der Waals surface area (Å²) < 4.78 is 8.16. The minimum Gasteiger partial charge on any atom is -0.487 e. The third-order valence-corrected chi connectivity index (χ3v) is 9.84. The largest absolute Gasteiger partial charge is 0.487 e. The molecule has 8 rings (SSSR count). The predicted octanol–water partition coefficient (Wildman–Crippen LogP) is 6.02. The summed E-state index contributed by atoms with van der Waals surface area (Å²) in [4.78, 5) is 26.3. The summed E-state index contributed by atoms with van der Waals surface area (Å²) in [6.45, 7) is 0.471. The van der Waals surface area contributed by atoms with E-state index < -0.39 is 0 Å². The minimum atomic E-state index is -0.224. The van der Waals surface area contributed by atoms with Crippen LogP contribution in [0.1, 0.15) is 17.5 Å². The van der Waals surface area contributed by atoms with Crippen molar-refractivity contribution in [1.29, 1.82) is 0 Å². The lowest BCUT2D eigenvalue weighted by Crippen LogP contribution is -2.40. The topological polar surface area (TPSA) is 59.0 Å². The Balaban J connectivity index is 1.09. The first-order valence-electron chi connectivity index (χ1n) is 12.2. The van der Waals surface area contributed by atoms with Crippen molar-refractivity contribution < 1.29 is 14.3 Å². The fourth-order valence-corrected chi connectivity index (χ4v) is 8.67. The Morgan fingerprint density at radius 1 is 0.917 bits per heavy atom. The van der Waals surface area contributed by atoms with Gasteiger partial charge in [0, 0.05) is 0 Å². The monoisotopic (exact) mass is 700 g/mol. The molecule has 5 aliphatic rings. The zero-order valence-corrected chi connectivity index (χ0v) is 23.5. The lowest BCUT2D eigenvalue weighted by Gasteiger charge is -2.37. The van der Waals surface area contributed by atoms with Gasteiger partial charge in [0.15, 0.2) is 0 Å². The third kappa shape index (κ3) is 3.56. The van der Waals surface area contributed by atoms with E-state index in [-0.39, 0.29) is 35.5 Å². The van der Waals surface area contributed by atoms with Crippen molar-refractivity contribution in [1.82, 2.24) is 5.01 Å². The second-order valence-corrected chi connectivity index (χ2v) is 12.5. The number of ether oxygens (including phenoxy) is 1. The van der Waals surface area contributed by atoms with E-state index in [4.69, 9.17) is 4.74 Å². The molecule has 2 bridgehead atoms. The Kier molecular flexibility index (Phi) is 5.50. The molecule has 7 heteroatoms. The van der Waals surface area contributed by atoms with Crippen LogP contribution in [0, 0.1) is 42.6 Å². The first-order chi connectivity index (χ1) is 17.5. The number of fused-ring (bicyclic) bond motifs is 1. The number of carbonyl (C=O) groups is 2. The number of hydrazone groups is 1. The molecular formula is C29H22I2N2O3. The van der Waals surface area contributed by atoms with E-state index >= 15 is 0 Å². The van der Waals surface area contributed by atoms with Gasteiger partial charge < -0.3 is 4.74 Å². The second kappa shape index (κ2) is 8.65. The highest BCUT2D eigenvalue weighted by molar-refractivity contribution is 14.1. The average Bonchev–Trinajstić information content (AvgIpc) is 3.66. The molecule has 1 aliphatic heterocycles. The van der Waals surface area contributed by atoms with Gasteiger partial charge in [0.05, 0.1) is 25.2 Å². The molecule has 0 unspecified atom stereocenters. The van der Waals surface area contributed by atoms with Crippen LogP contribution in [0.5, 0.6) is 5.75 Å². The van der Waals surface area contributed by atoms with Crippen molar-refractivity contribution in [3.63, 3.8) is 0 Å². The maximum atomic E-state index is 13.2. The van der Waals surface area contributed by atoms with Gasteiger partial charge in [-0.2, -0.15) is 10.1 Å². The molecule has 1 saturated heterocycles. The number of carbonyl (C=O) groups excluding carboxylic acids is 2. The molecule has 5 nitrogen and oxygen atoms in total. The van der Waals surface area contributed by atoms with Gasteiger partial charge in [-0.1, -0.05) is 54.6 Å². The average molecular weight is 700 g/mol. The quantitative estimate of drug-likeness (QED) is 0.142. The first-order valence-corrected chi connectivity index (χ1v) is 14.4. The van der Waals surface area contributed by atoms with Crippen LogP contribution in [0.3, 0.4) is 0 Å². The van der Waals surface area contributed by atoms with Crippen LogP contribution in [0.15, 0.2) is 71.9 Å². The van der Waals surface area contributed by atoms with Gasteiger partial charge in [-0.15, -0.1) is 0 Å². The summed E-state index contributed by atoms with van der Waals surface area (Å²) in [6.07, 6.45) is 7.15. The van der Waals surface area contributed by atoms with Gasteiger partial charge in [-0.3, -0.25) is 9.59 Å². The van der Waals surface area contributed by atoms with E-state index in [1.54, 1.807) is 6.21 Å². The molecule has 3 aromatic carbocycles. The minimum absolute atomic E-state index is 0.134. The van der Waals surface area contributed by atoms with Crippen molar-refractivity contribution in [2.75, 3.05) is 0 Å². The Hall–Kier alpha value is -2.27. The standard InChI is InChI=1S/C29H22I2N2O3/c30-23-10-15(11-24(31)27(23)36-14-17-6-3-5-16-4-1-2-7-18(16)17)13-32-33-28(34)25-19-8-9-20(22-12-21(19)22)26(25)29(33)35/h1-11,13,19-22,25-26H,12,14H2/b32-13-/t19-,20-,21-,22-,25-,26+/m1/s1. The van der Waals surface area contributed by atoms with E-state index in [2.05, 4.69) is 92.8 Å². The van der Waals surface area contributed by atoms with Crippen molar-refractivity contribution in [3.05, 3.63) is 85.0 Å². The molecule has 0 aromatic heterocycles. The summed E-state index contributed by atoms with van der Waals surface area (Å²) in [5.41, 5.74) is 1.97. The van der Waals surface area contributed by atoms with Gasteiger partial charge in [-0.25, -0.2) is 0 Å². The molecule has 180 valence electrons. The fraction of sp³-hybridized carbons (Fsp3) is 0.276. The molecule has 3 fully saturated rings. The van der Waals surface area contributed by atoms with Crippen LogP contribution in [-0.2, 0) is 16.2 Å². The van der Waals surface area contributed by atoms with Crippen LogP contribution >= 0.6 is 45.2 Å². The number of halogens is 2. The molecule has 0 N–H and O–H groups in total. The zero-order chi connectivity index (χ0) is 24.6. The Bertz CT molecular complexity index is 1430. The normalized spacial score (nSPS) is 29.8. The highest BCUT2D eigenvalue weighted by Gasteiger charge is 2.67. The zero-order valence-electron chi connectivity index (χ0n) is 19.2. The van der Waals surface area contributed by atoms with E-state index in [0.29, 0.717) is 18.4 Å². The van der Waals surface area contributed by atoms with Gasteiger partial charge in [-0.05, 0) is 109 Å². The number of hydrogen-bond donors (Lipinski definition) is 0. The number of amides is 2. The number of allylic oxidation sites excluding steroid dienone is 2. The summed E-state index contributed by atoms with van der Waals surface area (Å²) in [5.74, 6) is 1.71. The van der Waals surface area contributed by atoms with Gasteiger partial charge in [0.25, 0.3) is 11.8 Å². The number of nitrogens with zero attached hydrogens (tertiary/aromatic N) is 2. The summed E-state index contributed by atoms with van der Waals surface area (Å²) in [6, 6.07) is 18.5. The van der Waals surface area contributed by atoms with E-state index in [0.717, 1.165) is 35.4 Å². The first kappa shape index (κ1) is 22.9. The van der Waals surface area contributed by atoms with Gasteiger partial charge in [0.1, 0.15) is 12.4 Å². The van der Waals surface area contributed by atoms with Crippen LogP contribution in [0.4, 0.5) is 0 Å². The molecule has 2 saturated carbocycles. The van der Waals surface area contributed by atoms with Crippen LogP contribution in [-0.4, -0.2) is 23.0 Å². The van der Waals surface area contributed by atoms with Crippen LogP contribution < -0.4 is 4.74 Å². The predicted molar refractivity (Wildman–Crippen MR) is 154 cm³/mol. The maximum Gasteiger partial charge on any atom is 0.254 e. The molecule has 6 atom stereocenters. The van der Waals surface area contributed by atoms with E-state index in [1.165, 1.54) is 10.8 Å². The Morgan fingerprint density at radius 2 is 1.56 bits per heavy atom. The van der Waals surface area contributed by atoms with Crippen molar-refractivity contribution in [3.8, 4) is 5.75 Å². The highest BCUT2D eigenvalue weighted by Crippen LogP contribution is 2.65. The van der Waals surface area contributed by atoms with E-state index in [1.807, 2.05) is 24.3 Å². The fourth-order valence-electron chi connectivity index (χ4n) is 6.54.